The van der Waals surface area contributed by atoms with E-state index in [0.29, 0.717) is 5.78 Å². The van der Waals surface area contributed by atoms with E-state index in [1.54, 1.807) is 0 Å². The molecule has 0 aromatic heterocycles. The molecule has 0 spiro atoms. The minimum Gasteiger partial charge on any atom is -0.298 e. The molecule has 2 nitrogen and oxygen atoms in total. The van der Waals surface area contributed by atoms with Gasteiger partial charge in [0.1, 0.15) is 0 Å². The second kappa shape index (κ2) is 4.58. The van der Waals surface area contributed by atoms with E-state index in [1.807, 2.05) is 13.0 Å². The van der Waals surface area contributed by atoms with Crippen LogP contribution in [0.3, 0.4) is 0 Å². The fourth-order valence-electron chi connectivity index (χ4n) is 2.08. The molecule has 2 rings (SSSR count). The Morgan fingerprint density at radius 3 is 2.67 bits per heavy atom. The van der Waals surface area contributed by atoms with Crippen molar-refractivity contribution in [3.63, 3.8) is 0 Å². The van der Waals surface area contributed by atoms with E-state index in [0.717, 1.165) is 25.9 Å². The van der Waals surface area contributed by atoms with Crippen LogP contribution in [0.25, 0.3) is 0 Å². The molecule has 0 aliphatic carbocycles. The van der Waals surface area contributed by atoms with Gasteiger partial charge in [-0.05, 0) is 18.9 Å². The standard InChI is InChI=1S/C13H17NO/c1-11-13(15)8-10-14(11)9-7-12-5-3-2-4-6-12/h2-6,11H,7-10H2,1H3. The van der Waals surface area contributed by atoms with Crippen molar-refractivity contribution in [1.29, 1.82) is 0 Å². The SMILES string of the molecule is CC1C(=O)CCN1CCc1ccccc1. The summed E-state index contributed by atoms with van der Waals surface area (Å²) in [4.78, 5) is 13.6. The van der Waals surface area contributed by atoms with E-state index in [2.05, 4.69) is 29.2 Å². The number of Topliss-reactive ketones (excluding diaryl/α,β-unsaturated/α-hetero) is 1. The van der Waals surface area contributed by atoms with E-state index in [1.165, 1.54) is 5.56 Å². The van der Waals surface area contributed by atoms with Gasteiger partial charge in [0.25, 0.3) is 0 Å². The highest BCUT2D eigenvalue weighted by atomic mass is 16.1. The normalized spacial score (nSPS) is 22.2. The van der Waals surface area contributed by atoms with Crippen LogP contribution >= 0.6 is 0 Å². The predicted molar refractivity (Wildman–Crippen MR) is 60.8 cm³/mol. The third kappa shape index (κ3) is 2.45. The van der Waals surface area contributed by atoms with Crippen LogP contribution in [0.2, 0.25) is 0 Å². The van der Waals surface area contributed by atoms with Crippen LogP contribution in [0.5, 0.6) is 0 Å². The maximum Gasteiger partial charge on any atom is 0.150 e. The molecule has 1 fully saturated rings. The summed E-state index contributed by atoms with van der Waals surface area (Å²) >= 11 is 0. The maximum atomic E-state index is 11.4. The first kappa shape index (κ1) is 10.4. The summed E-state index contributed by atoms with van der Waals surface area (Å²) in [5.41, 5.74) is 1.35. The molecule has 0 saturated carbocycles. The molecule has 80 valence electrons. The van der Waals surface area contributed by atoms with Gasteiger partial charge in [-0.2, -0.15) is 0 Å². The molecule has 1 atom stereocenters. The van der Waals surface area contributed by atoms with E-state index >= 15 is 0 Å². The first-order chi connectivity index (χ1) is 7.27. The Hall–Kier alpha value is -1.15. The molecule has 1 aliphatic rings. The molecule has 15 heavy (non-hydrogen) atoms. The number of rotatable bonds is 3. The van der Waals surface area contributed by atoms with Gasteiger partial charge in [0.05, 0.1) is 6.04 Å². The van der Waals surface area contributed by atoms with Crippen LogP contribution < -0.4 is 0 Å². The Morgan fingerprint density at radius 1 is 1.33 bits per heavy atom. The summed E-state index contributed by atoms with van der Waals surface area (Å²) in [5, 5.41) is 0. The average Bonchev–Trinajstić information content (AvgIpc) is 2.59. The van der Waals surface area contributed by atoms with Gasteiger partial charge in [0, 0.05) is 19.5 Å². The summed E-state index contributed by atoms with van der Waals surface area (Å²) in [5.74, 6) is 0.392. The third-order valence-corrected chi connectivity index (χ3v) is 3.19. The Kier molecular flexibility index (Phi) is 3.17. The summed E-state index contributed by atoms with van der Waals surface area (Å²) in [7, 11) is 0. The monoisotopic (exact) mass is 203 g/mol. The van der Waals surface area contributed by atoms with E-state index in [4.69, 9.17) is 0 Å². The van der Waals surface area contributed by atoms with Crippen molar-refractivity contribution in [1.82, 2.24) is 4.90 Å². The van der Waals surface area contributed by atoms with Crippen LogP contribution in [0.15, 0.2) is 30.3 Å². The number of carbonyl (C=O) groups is 1. The molecule has 1 aromatic carbocycles. The van der Waals surface area contributed by atoms with Gasteiger partial charge < -0.3 is 0 Å². The minimum atomic E-state index is 0.133. The number of carbonyl (C=O) groups excluding carboxylic acids is 1. The van der Waals surface area contributed by atoms with Gasteiger partial charge in [-0.3, -0.25) is 9.69 Å². The zero-order valence-electron chi connectivity index (χ0n) is 9.15. The van der Waals surface area contributed by atoms with Crippen LogP contribution in [0, 0.1) is 0 Å². The van der Waals surface area contributed by atoms with Crippen molar-refractivity contribution in [2.45, 2.75) is 25.8 Å². The lowest BCUT2D eigenvalue weighted by atomic mass is 10.1. The fraction of sp³-hybridized carbons (Fsp3) is 0.462. The van der Waals surface area contributed by atoms with Gasteiger partial charge in [-0.15, -0.1) is 0 Å². The smallest absolute Gasteiger partial charge is 0.150 e. The van der Waals surface area contributed by atoms with Crippen molar-refractivity contribution in [2.75, 3.05) is 13.1 Å². The summed E-state index contributed by atoms with van der Waals surface area (Å²) in [6.45, 7) is 3.95. The first-order valence-corrected chi connectivity index (χ1v) is 5.58. The average molecular weight is 203 g/mol. The zero-order valence-corrected chi connectivity index (χ0v) is 9.15. The summed E-state index contributed by atoms with van der Waals surface area (Å²) in [6, 6.07) is 10.6. The largest absolute Gasteiger partial charge is 0.298 e. The van der Waals surface area contributed by atoms with Crippen molar-refractivity contribution >= 4 is 5.78 Å². The Morgan fingerprint density at radius 2 is 2.07 bits per heavy atom. The highest BCUT2D eigenvalue weighted by molar-refractivity contribution is 5.85. The second-order valence-electron chi connectivity index (χ2n) is 4.16. The topological polar surface area (TPSA) is 20.3 Å². The van der Waals surface area contributed by atoms with Crippen molar-refractivity contribution in [3.8, 4) is 0 Å². The molecule has 0 amide bonds. The lowest BCUT2D eigenvalue weighted by Gasteiger charge is -2.19. The quantitative estimate of drug-likeness (QED) is 0.747. The van der Waals surface area contributed by atoms with E-state index in [9.17, 15) is 4.79 Å². The summed E-state index contributed by atoms with van der Waals surface area (Å²) in [6.07, 6.45) is 1.77. The molecular weight excluding hydrogens is 186 g/mol. The fourth-order valence-corrected chi connectivity index (χ4v) is 2.08. The Labute approximate surface area is 90.9 Å². The molecular formula is C13H17NO. The molecule has 1 unspecified atom stereocenters. The maximum absolute atomic E-state index is 11.4. The van der Waals surface area contributed by atoms with E-state index < -0.39 is 0 Å². The van der Waals surface area contributed by atoms with Gasteiger partial charge in [-0.25, -0.2) is 0 Å². The third-order valence-electron chi connectivity index (χ3n) is 3.19. The van der Waals surface area contributed by atoms with Crippen LogP contribution in [-0.2, 0) is 11.2 Å². The van der Waals surface area contributed by atoms with Crippen molar-refractivity contribution < 1.29 is 4.79 Å². The molecule has 1 aliphatic heterocycles. The number of likely N-dealkylation sites (tertiary alicyclic amines) is 1. The number of nitrogens with zero attached hydrogens (tertiary/aromatic N) is 1. The molecule has 1 aromatic rings. The van der Waals surface area contributed by atoms with Crippen molar-refractivity contribution in [2.24, 2.45) is 0 Å². The zero-order chi connectivity index (χ0) is 10.7. The van der Waals surface area contributed by atoms with Crippen LogP contribution in [0.4, 0.5) is 0 Å². The van der Waals surface area contributed by atoms with Gasteiger partial charge in [0.15, 0.2) is 5.78 Å². The molecule has 1 saturated heterocycles. The number of benzene rings is 1. The molecule has 0 radical (unpaired) electrons. The first-order valence-electron chi connectivity index (χ1n) is 5.58. The van der Waals surface area contributed by atoms with Crippen LogP contribution in [-0.4, -0.2) is 29.8 Å². The number of ketones is 1. The van der Waals surface area contributed by atoms with Crippen LogP contribution in [0.1, 0.15) is 18.9 Å². The lowest BCUT2D eigenvalue weighted by molar-refractivity contribution is -0.119. The number of hydrogen-bond acceptors (Lipinski definition) is 2. The molecule has 0 N–H and O–H groups in total. The highest BCUT2D eigenvalue weighted by Gasteiger charge is 2.27. The molecule has 0 bridgehead atoms. The lowest BCUT2D eigenvalue weighted by Crippen LogP contribution is -2.31. The Bertz CT molecular complexity index is 334. The van der Waals surface area contributed by atoms with Gasteiger partial charge >= 0.3 is 0 Å². The molecule has 1 heterocycles. The van der Waals surface area contributed by atoms with Crippen molar-refractivity contribution in [3.05, 3.63) is 35.9 Å². The number of hydrogen-bond donors (Lipinski definition) is 0. The second-order valence-corrected chi connectivity index (χ2v) is 4.16. The van der Waals surface area contributed by atoms with E-state index in [-0.39, 0.29) is 6.04 Å². The molecule has 2 heteroatoms. The van der Waals surface area contributed by atoms with Gasteiger partial charge in [0.2, 0.25) is 0 Å². The predicted octanol–water partition coefficient (Wildman–Crippen LogP) is 1.89. The highest BCUT2D eigenvalue weighted by Crippen LogP contribution is 2.13. The van der Waals surface area contributed by atoms with Gasteiger partial charge in [-0.1, -0.05) is 30.3 Å². The summed E-state index contributed by atoms with van der Waals surface area (Å²) < 4.78 is 0. The minimum absolute atomic E-state index is 0.133. The Balaban J connectivity index is 1.87.